The van der Waals surface area contributed by atoms with Crippen molar-refractivity contribution in [2.75, 3.05) is 11.9 Å². The average Bonchev–Trinajstić information content (AvgIpc) is 2.95. The first-order valence-electron chi connectivity index (χ1n) is 10.0. The lowest BCUT2D eigenvalue weighted by Crippen LogP contribution is -2.44. The van der Waals surface area contributed by atoms with Crippen molar-refractivity contribution in [3.05, 3.63) is 65.2 Å². The molecule has 29 heavy (non-hydrogen) atoms. The van der Waals surface area contributed by atoms with Crippen LogP contribution in [0.15, 0.2) is 48.5 Å². The molecule has 1 fully saturated rings. The van der Waals surface area contributed by atoms with Crippen LogP contribution in [0.5, 0.6) is 0 Å². The van der Waals surface area contributed by atoms with E-state index < -0.39 is 17.5 Å². The van der Waals surface area contributed by atoms with E-state index in [0.29, 0.717) is 12.8 Å². The van der Waals surface area contributed by atoms with Gasteiger partial charge in [0.2, 0.25) is 5.91 Å². The van der Waals surface area contributed by atoms with Gasteiger partial charge in [0, 0.05) is 5.69 Å². The summed E-state index contributed by atoms with van der Waals surface area (Å²) in [6.45, 7) is 5.58. The summed E-state index contributed by atoms with van der Waals surface area (Å²) in [6, 6.07) is 14.5. The fourth-order valence-corrected chi connectivity index (χ4v) is 3.90. The molecule has 152 valence electrons. The van der Waals surface area contributed by atoms with Gasteiger partial charge in [0.15, 0.2) is 0 Å². The van der Waals surface area contributed by atoms with E-state index in [-0.39, 0.29) is 12.5 Å². The molecule has 3 rings (SSSR count). The van der Waals surface area contributed by atoms with E-state index in [1.807, 2.05) is 69.3 Å². The van der Waals surface area contributed by atoms with Gasteiger partial charge in [0.25, 0.3) is 5.91 Å². The lowest BCUT2D eigenvalue weighted by atomic mass is 9.85. The van der Waals surface area contributed by atoms with Crippen LogP contribution in [0.4, 0.5) is 10.5 Å². The number of carbonyl (C=O) groups excluding carboxylic acids is 3. The number of para-hydroxylation sites is 1. The zero-order chi connectivity index (χ0) is 21.0. The molecule has 4 amide bonds. The Balaban J connectivity index is 1.82. The van der Waals surface area contributed by atoms with Gasteiger partial charge in [-0.25, -0.2) is 4.79 Å². The lowest BCUT2D eigenvalue weighted by molar-refractivity contribution is -0.134. The molecule has 0 radical (unpaired) electrons. The summed E-state index contributed by atoms with van der Waals surface area (Å²) in [5.41, 5.74) is 2.31. The van der Waals surface area contributed by atoms with Crippen molar-refractivity contribution in [1.29, 1.82) is 0 Å². The summed E-state index contributed by atoms with van der Waals surface area (Å²) in [5, 5.41) is 5.73. The zero-order valence-electron chi connectivity index (χ0n) is 17.1. The van der Waals surface area contributed by atoms with Gasteiger partial charge in [-0.05, 0) is 36.5 Å². The second-order valence-electron chi connectivity index (χ2n) is 7.35. The van der Waals surface area contributed by atoms with E-state index in [1.165, 1.54) is 0 Å². The van der Waals surface area contributed by atoms with Crippen LogP contribution < -0.4 is 10.6 Å². The Morgan fingerprint density at radius 1 is 1.07 bits per heavy atom. The first-order chi connectivity index (χ1) is 13.9. The monoisotopic (exact) mass is 393 g/mol. The minimum absolute atomic E-state index is 0.319. The van der Waals surface area contributed by atoms with Crippen molar-refractivity contribution in [3.63, 3.8) is 0 Å². The number of anilines is 1. The average molecular weight is 393 g/mol. The number of urea groups is 1. The Labute approximate surface area is 171 Å². The molecule has 2 aromatic rings. The van der Waals surface area contributed by atoms with E-state index in [9.17, 15) is 14.4 Å². The second-order valence-corrected chi connectivity index (χ2v) is 7.35. The molecule has 2 N–H and O–H groups in total. The highest BCUT2D eigenvalue weighted by molar-refractivity contribution is 6.10. The summed E-state index contributed by atoms with van der Waals surface area (Å²) in [6.07, 6.45) is 1.95. The molecule has 1 heterocycles. The standard InChI is InChI=1S/C23H27N3O3/c1-4-14-23(18-12-7-6-8-13-18)21(28)26(22(29)25-23)15-19(27)24-20-16(3)10-9-11-17(20)5-2/h6-13H,4-5,14-15H2,1-3H3,(H,24,27)(H,25,29)/t23-/m0/s1. The van der Waals surface area contributed by atoms with Crippen LogP contribution in [0.1, 0.15) is 43.4 Å². The van der Waals surface area contributed by atoms with Crippen LogP contribution in [0.2, 0.25) is 0 Å². The smallest absolute Gasteiger partial charge is 0.324 e. The molecule has 2 aromatic carbocycles. The number of rotatable bonds is 7. The van der Waals surface area contributed by atoms with Gasteiger partial charge in [-0.15, -0.1) is 0 Å². The van der Waals surface area contributed by atoms with Crippen molar-refractivity contribution in [1.82, 2.24) is 10.2 Å². The molecule has 0 aliphatic carbocycles. The van der Waals surface area contributed by atoms with E-state index in [2.05, 4.69) is 10.6 Å². The third-order valence-electron chi connectivity index (χ3n) is 5.37. The molecular formula is C23H27N3O3. The van der Waals surface area contributed by atoms with Crippen molar-refractivity contribution in [2.24, 2.45) is 0 Å². The minimum Gasteiger partial charge on any atom is -0.324 e. The van der Waals surface area contributed by atoms with Crippen molar-refractivity contribution < 1.29 is 14.4 Å². The van der Waals surface area contributed by atoms with Crippen molar-refractivity contribution >= 4 is 23.5 Å². The summed E-state index contributed by atoms with van der Waals surface area (Å²) in [5.74, 6) is -0.774. The predicted molar refractivity (Wildman–Crippen MR) is 112 cm³/mol. The summed E-state index contributed by atoms with van der Waals surface area (Å²) in [4.78, 5) is 39.6. The Morgan fingerprint density at radius 3 is 2.45 bits per heavy atom. The number of amides is 4. The van der Waals surface area contributed by atoms with Gasteiger partial charge >= 0.3 is 6.03 Å². The van der Waals surface area contributed by atoms with E-state index in [0.717, 1.165) is 33.7 Å². The molecule has 0 spiro atoms. The van der Waals surface area contributed by atoms with Crippen LogP contribution >= 0.6 is 0 Å². The molecular weight excluding hydrogens is 366 g/mol. The highest BCUT2D eigenvalue weighted by Gasteiger charge is 2.52. The topological polar surface area (TPSA) is 78.5 Å². The molecule has 6 nitrogen and oxygen atoms in total. The number of imide groups is 1. The third-order valence-corrected chi connectivity index (χ3v) is 5.37. The second kappa shape index (κ2) is 8.47. The van der Waals surface area contributed by atoms with E-state index >= 15 is 0 Å². The van der Waals surface area contributed by atoms with Gasteiger partial charge < -0.3 is 10.6 Å². The maximum absolute atomic E-state index is 13.3. The molecule has 0 unspecified atom stereocenters. The van der Waals surface area contributed by atoms with Gasteiger partial charge in [-0.1, -0.05) is 68.8 Å². The molecule has 6 heteroatoms. The van der Waals surface area contributed by atoms with Gasteiger partial charge in [0.1, 0.15) is 12.1 Å². The van der Waals surface area contributed by atoms with Crippen LogP contribution in [0, 0.1) is 6.92 Å². The highest BCUT2D eigenvalue weighted by atomic mass is 16.2. The first-order valence-corrected chi connectivity index (χ1v) is 10.0. The number of nitrogens with zero attached hydrogens (tertiary/aromatic N) is 1. The predicted octanol–water partition coefficient (Wildman–Crippen LogP) is 3.74. The minimum atomic E-state index is -1.12. The molecule has 1 aliphatic heterocycles. The SMILES string of the molecule is CCC[C@@]1(c2ccccc2)NC(=O)N(CC(=O)Nc2c(C)cccc2CC)C1=O. The Morgan fingerprint density at radius 2 is 1.79 bits per heavy atom. The van der Waals surface area contributed by atoms with Crippen LogP contribution in [0.25, 0.3) is 0 Å². The summed E-state index contributed by atoms with van der Waals surface area (Å²) >= 11 is 0. The maximum atomic E-state index is 13.3. The molecule has 1 atom stereocenters. The molecule has 0 saturated carbocycles. The number of nitrogens with one attached hydrogen (secondary N) is 2. The van der Waals surface area contributed by atoms with Crippen LogP contribution in [-0.2, 0) is 21.5 Å². The number of aryl methyl sites for hydroxylation is 2. The number of benzene rings is 2. The van der Waals surface area contributed by atoms with Gasteiger partial charge in [-0.3, -0.25) is 14.5 Å². The first kappa shape index (κ1) is 20.6. The van der Waals surface area contributed by atoms with Crippen molar-refractivity contribution in [2.45, 2.75) is 45.6 Å². The van der Waals surface area contributed by atoms with Crippen LogP contribution in [0.3, 0.4) is 0 Å². The molecule has 0 bridgehead atoms. The quantitative estimate of drug-likeness (QED) is 0.704. The summed E-state index contributed by atoms with van der Waals surface area (Å²) in [7, 11) is 0. The Bertz CT molecular complexity index is 926. The van der Waals surface area contributed by atoms with Crippen LogP contribution in [-0.4, -0.2) is 29.3 Å². The largest absolute Gasteiger partial charge is 0.325 e. The highest BCUT2D eigenvalue weighted by Crippen LogP contribution is 2.33. The number of hydrogen-bond acceptors (Lipinski definition) is 3. The zero-order valence-corrected chi connectivity index (χ0v) is 17.1. The van der Waals surface area contributed by atoms with E-state index in [1.54, 1.807) is 0 Å². The van der Waals surface area contributed by atoms with Gasteiger partial charge in [0.05, 0.1) is 0 Å². The fourth-order valence-electron chi connectivity index (χ4n) is 3.90. The molecule has 1 saturated heterocycles. The third kappa shape index (κ3) is 3.88. The summed E-state index contributed by atoms with van der Waals surface area (Å²) < 4.78 is 0. The number of carbonyl (C=O) groups is 3. The lowest BCUT2D eigenvalue weighted by Gasteiger charge is -2.26. The Hall–Kier alpha value is -3.15. The molecule has 1 aliphatic rings. The maximum Gasteiger partial charge on any atom is 0.325 e. The molecule has 0 aromatic heterocycles. The van der Waals surface area contributed by atoms with Crippen molar-refractivity contribution in [3.8, 4) is 0 Å². The normalized spacial score (nSPS) is 18.7. The van der Waals surface area contributed by atoms with E-state index in [4.69, 9.17) is 0 Å². The Kier molecular flexibility index (Phi) is 6.01. The van der Waals surface area contributed by atoms with Gasteiger partial charge in [-0.2, -0.15) is 0 Å². The number of hydrogen-bond donors (Lipinski definition) is 2. The fraction of sp³-hybridized carbons (Fsp3) is 0.348.